The lowest BCUT2D eigenvalue weighted by molar-refractivity contribution is 0.217. The van der Waals surface area contributed by atoms with Gasteiger partial charge in [-0.3, -0.25) is 0 Å². The Morgan fingerprint density at radius 2 is 2.20 bits per heavy atom. The van der Waals surface area contributed by atoms with Crippen LogP contribution in [0.5, 0.6) is 0 Å². The quantitative estimate of drug-likeness (QED) is 0.836. The standard InChI is InChI=1S/C15H27N5/c1-4-7-16-15-18-12(2)9-14(19-15)17-10-13-6-5-8-20(3)11-13/h9,13H,4-8,10-11H2,1-3H3,(H2,16,17,18,19). The van der Waals surface area contributed by atoms with E-state index in [0.717, 1.165) is 42.9 Å². The van der Waals surface area contributed by atoms with Crippen LogP contribution in [0.15, 0.2) is 6.07 Å². The molecule has 112 valence electrons. The number of nitrogens with one attached hydrogen (secondary N) is 2. The summed E-state index contributed by atoms with van der Waals surface area (Å²) in [6.07, 6.45) is 3.69. The zero-order chi connectivity index (χ0) is 14.4. The molecule has 0 saturated carbocycles. The Morgan fingerprint density at radius 3 is 2.95 bits per heavy atom. The predicted octanol–water partition coefficient (Wildman–Crippen LogP) is 2.36. The van der Waals surface area contributed by atoms with Crippen LogP contribution in [-0.2, 0) is 0 Å². The summed E-state index contributed by atoms with van der Waals surface area (Å²) in [6.45, 7) is 8.47. The number of likely N-dealkylation sites (tertiary alicyclic amines) is 1. The molecule has 20 heavy (non-hydrogen) atoms. The van der Waals surface area contributed by atoms with Gasteiger partial charge in [0.2, 0.25) is 5.95 Å². The zero-order valence-electron chi connectivity index (χ0n) is 12.9. The van der Waals surface area contributed by atoms with Crippen molar-refractivity contribution in [2.45, 2.75) is 33.1 Å². The highest BCUT2D eigenvalue weighted by atomic mass is 15.1. The monoisotopic (exact) mass is 277 g/mol. The van der Waals surface area contributed by atoms with E-state index >= 15 is 0 Å². The molecule has 1 aromatic heterocycles. The summed E-state index contributed by atoms with van der Waals surface area (Å²) >= 11 is 0. The normalized spacial score (nSPS) is 19.9. The fourth-order valence-electron chi connectivity index (χ4n) is 2.66. The molecule has 2 N–H and O–H groups in total. The van der Waals surface area contributed by atoms with Crippen molar-refractivity contribution in [3.8, 4) is 0 Å². The van der Waals surface area contributed by atoms with Gasteiger partial charge in [-0.25, -0.2) is 4.98 Å². The molecule has 1 aliphatic heterocycles. The van der Waals surface area contributed by atoms with Gasteiger partial charge in [-0.15, -0.1) is 0 Å². The fourth-order valence-corrected chi connectivity index (χ4v) is 2.66. The van der Waals surface area contributed by atoms with E-state index in [-0.39, 0.29) is 0 Å². The first kappa shape index (κ1) is 15.0. The van der Waals surface area contributed by atoms with Crippen LogP contribution in [-0.4, -0.2) is 48.1 Å². The smallest absolute Gasteiger partial charge is 0.224 e. The molecule has 0 bridgehead atoms. The highest BCUT2D eigenvalue weighted by Gasteiger charge is 2.17. The fraction of sp³-hybridized carbons (Fsp3) is 0.733. The average Bonchev–Trinajstić information content (AvgIpc) is 2.42. The highest BCUT2D eigenvalue weighted by Crippen LogP contribution is 2.16. The molecule has 1 fully saturated rings. The van der Waals surface area contributed by atoms with Gasteiger partial charge in [-0.2, -0.15) is 4.98 Å². The second-order valence-corrected chi connectivity index (χ2v) is 5.80. The minimum Gasteiger partial charge on any atom is -0.370 e. The van der Waals surface area contributed by atoms with E-state index in [0.29, 0.717) is 0 Å². The number of hydrogen-bond acceptors (Lipinski definition) is 5. The van der Waals surface area contributed by atoms with Crippen LogP contribution in [0.3, 0.4) is 0 Å². The molecule has 1 aromatic rings. The van der Waals surface area contributed by atoms with Crippen LogP contribution in [0.1, 0.15) is 31.9 Å². The van der Waals surface area contributed by atoms with Gasteiger partial charge >= 0.3 is 0 Å². The molecule has 0 radical (unpaired) electrons. The molecule has 5 nitrogen and oxygen atoms in total. The van der Waals surface area contributed by atoms with Gasteiger partial charge in [0.25, 0.3) is 0 Å². The molecular weight excluding hydrogens is 250 g/mol. The summed E-state index contributed by atoms with van der Waals surface area (Å²) in [5.74, 6) is 2.38. The minimum atomic E-state index is 0.719. The number of aromatic nitrogens is 2. The zero-order valence-corrected chi connectivity index (χ0v) is 12.9. The van der Waals surface area contributed by atoms with Crippen molar-refractivity contribution in [3.63, 3.8) is 0 Å². The maximum absolute atomic E-state index is 4.53. The number of anilines is 2. The number of hydrogen-bond donors (Lipinski definition) is 2. The number of nitrogens with zero attached hydrogens (tertiary/aromatic N) is 3. The topological polar surface area (TPSA) is 53.1 Å². The van der Waals surface area contributed by atoms with Crippen LogP contribution in [0.25, 0.3) is 0 Å². The second-order valence-electron chi connectivity index (χ2n) is 5.80. The molecule has 0 spiro atoms. The molecule has 1 unspecified atom stereocenters. The van der Waals surface area contributed by atoms with Crippen molar-refractivity contribution in [1.29, 1.82) is 0 Å². The third-order valence-corrected chi connectivity index (χ3v) is 3.68. The molecule has 2 rings (SSSR count). The summed E-state index contributed by atoms with van der Waals surface area (Å²) < 4.78 is 0. The van der Waals surface area contributed by atoms with E-state index in [1.807, 2.05) is 13.0 Å². The lowest BCUT2D eigenvalue weighted by Crippen LogP contribution is -2.35. The maximum Gasteiger partial charge on any atom is 0.224 e. The molecule has 0 amide bonds. The Morgan fingerprint density at radius 1 is 1.35 bits per heavy atom. The van der Waals surface area contributed by atoms with Crippen LogP contribution in [0, 0.1) is 12.8 Å². The Bertz CT molecular complexity index is 421. The first-order chi connectivity index (χ1) is 9.67. The van der Waals surface area contributed by atoms with E-state index in [4.69, 9.17) is 0 Å². The van der Waals surface area contributed by atoms with Gasteiger partial charge in [-0.05, 0) is 45.7 Å². The van der Waals surface area contributed by atoms with E-state index in [1.165, 1.54) is 25.9 Å². The molecule has 1 atom stereocenters. The van der Waals surface area contributed by atoms with Gasteiger partial charge in [0.05, 0.1) is 0 Å². The summed E-state index contributed by atoms with van der Waals surface area (Å²) in [4.78, 5) is 11.3. The van der Waals surface area contributed by atoms with Crippen LogP contribution < -0.4 is 10.6 Å². The second kappa shape index (κ2) is 7.43. The van der Waals surface area contributed by atoms with Crippen LogP contribution in [0.4, 0.5) is 11.8 Å². The van der Waals surface area contributed by atoms with Gasteiger partial charge in [0, 0.05) is 31.4 Å². The number of aryl methyl sites for hydroxylation is 1. The van der Waals surface area contributed by atoms with E-state index in [2.05, 4.69) is 39.5 Å². The summed E-state index contributed by atoms with van der Waals surface area (Å²) in [7, 11) is 2.20. The Balaban J connectivity index is 1.89. The van der Waals surface area contributed by atoms with Crippen molar-refractivity contribution in [1.82, 2.24) is 14.9 Å². The van der Waals surface area contributed by atoms with Gasteiger partial charge in [0.1, 0.15) is 5.82 Å². The summed E-state index contributed by atoms with van der Waals surface area (Å²) in [6, 6.07) is 2.02. The molecular formula is C15H27N5. The number of rotatable bonds is 6. The van der Waals surface area contributed by atoms with Gasteiger partial charge < -0.3 is 15.5 Å². The maximum atomic E-state index is 4.53. The SMILES string of the molecule is CCCNc1nc(C)cc(NCC2CCCN(C)C2)n1. The third-order valence-electron chi connectivity index (χ3n) is 3.68. The Kier molecular flexibility index (Phi) is 5.59. The highest BCUT2D eigenvalue weighted by molar-refractivity contribution is 5.42. The van der Waals surface area contributed by atoms with Crippen molar-refractivity contribution in [2.75, 3.05) is 43.9 Å². The largest absolute Gasteiger partial charge is 0.370 e. The average molecular weight is 277 g/mol. The van der Waals surface area contributed by atoms with Crippen molar-refractivity contribution < 1.29 is 0 Å². The summed E-state index contributed by atoms with van der Waals surface area (Å²) in [5, 5.41) is 6.72. The minimum absolute atomic E-state index is 0.719. The van der Waals surface area contributed by atoms with Crippen molar-refractivity contribution >= 4 is 11.8 Å². The molecule has 0 aromatic carbocycles. The van der Waals surface area contributed by atoms with E-state index in [1.54, 1.807) is 0 Å². The van der Waals surface area contributed by atoms with Gasteiger partial charge in [-0.1, -0.05) is 6.92 Å². The molecule has 1 saturated heterocycles. The van der Waals surface area contributed by atoms with Crippen molar-refractivity contribution in [3.05, 3.63) is 11.8 Å². The third kappa shape index (κ3) is 4.63. The first-order valence-electron chi connectivity index (χ1n) is 7.69. The summed E-state index contributed by atoms with van der Waals surface area (Å²) in [5.41, 5.74) is 1.00. The molecule has 1 aliphatic rings. The predicted molar refractivity (Wildman–Crippen MR) is 84.3 cm³/mol. The molecule has 0 aliphatic carbocycles. The molecule has 5 heteroatoms. The van der Waals surface area contributed by atoms with Crippen LogP contribution in [0.2, 0.25) is 0 Å². The lowest BCUT2D eigenvalue weighted by atomic mass is 9.98. The number of piperidine rings is 1. The van der Waals surface area contributed by atoms with Crippen LogP contribution >= 0.6 is 0 Å². The molecule has 2 heterocycles. The van der Waals surface area contributed by atoms with Crippen molar-refractivity contribution in [2.24, 2.45) is 5.92 Å². The Labute approximate surface area is 122 Å². The van der Waals surface area contributed by atoms with E-state index < -0.39 is 0 Å². The van der Waals surface area contributed by atoms with E-state index in [9.17, 15) is 0 Å². The van der Waals surface area contributed by atoms with Gasteiger partial charge in [0.15, 0.2) is 0 Å². The lowest BCUT2D eigenvalue weighted by Gasteiger charge is -2.29. The first-order valence-corrected chi connectivity index (χ1v) is 7.69. The Hall–Kier alpha value is -1.36.